The molecule has 0 aliphatic rings. The van der Waals surface area contributed by atoms with Gasteiger partial charge in [-0.3, -0.25) is 0 Å². The van der Waals surface area contributed by atoms with Gasteiger partial charge in [0.05, 0.1) is 14.2 Å². The Labute approximate surface area is 106 Å². The van der Waals surface area contributed by atoms with Gasteiger partial charge in [0.2, 0.25) is 0 Å². The second-order valence-corrected chi connectivity index (χ2v) is 3.92. The van der Waals surface area contributed by atoms with Crippen LogP contribution in [0.1, 0.15) is 10.5 Å². The van der Waals surface area contributed by atoms with Gasteiger partial charge in [-0.25, -0.2) is 4.79 Å². The molecule has 4 nitrogen and oxygen atoms in total. The fourth-order valence-electron chi connectivity index (χ4n) is 1.90. The Morgan fingerprint density at radius 1 is 1.22 bits per heavy atom. The highest BCUT2D eigenvalue weighted by Gasteiger charge is 2.14. The van der Waals surface area contributed by atoms with Gasteiger partial charge < -0.3 is 14.0 Å². The molecule has 0 saturated carbocycles. The zero-order valence-electron chi connectivity index (χ0n) is 10.6. The lowest BCUT2D eigenvalue weighted by atomic mass is 10.1. The van der Waals surface area contributed by atoms with E-state index in [1.165, 1.54) is 7.11 Å². The molecule has 4 heteroatoms. The van der Waals surface area contributed by atoms with Crippen LogP contribution in [0.15, 0.2) is 36.5 Å². The van der Waals surface area contributed by atoms with E-state index < -0.39 is 0 Å². The van der Waals surface area contributed by atoms with Crippen molar-refractivity contribution < 1.29 is 14.3 Å². The van der Waals surface area contributed by atoms with Crippen molar-refractivity contribution in [2.75, 3.05) is 14.2 Å². The van der Waals surface area contributed by atoms with Crippen LogP contribution in [0.25, 0.3) is 11.1 Å². The predicted molar refractivity (Wildman–Crippen MR) is 68.7 cm³/mol. The number of ether oxygens (including phenoxy) is 2. The maximum Gasteiger partial charge on any atom is 0.354 e. The molecule has 94 valence electrons. The number of methoxy groups -OCH3 is 2. The number of aryl methyl sites for hydroxylation is 1. The van der Waals surface area contributed by atoms with Crippen molar-refractivity contribution in [3.63, 3.8) is 0 Å². The van der Waals surface area contributed by atoms with Crippen LogP contribution in [0.5, 0.6) is 5.75 Å². The van der Waals surface area contributed by atoms with E-state index in [0.717, 1.165) is 16.9 Å². The Morgan fingerprint density at radius 2 is 1.94 bits per heavy atom. The number of benzene rings is 1. The van der Waals surface area contributed by atoms with E-state index in [4.69, 9.17) is 9.47 Å². The van der Waals surface area contributed by atoms with Crippen LogP contribution in [0, 0.1) is 0 Å². The molecule has 0 bridgehead atoms. The summed E-state index contributed by atoms with van der Waals surface area (Å²) in [6.07, 6.45) is 1.88. The monoisotopic (exact) mass is 245 g/mol. The topological polar surface area (TPSA) is 40.5 Å². The van der Waals surface area contributed by atoms with Crippen molar-refractivity contribution in [3.05, 3.63) is 42.2 Å². The molecule has 0 N–H and O–H groups in total. The zero-order chi connectivity index (χ0) is 13.1. The summed E-state index contributed by atoms with van der Waals surface area (Å²) in [6, 6.07) is 9.48. The molecule has 2 rings (SSSR count). The minimum absolute atomic E-state index is 0.348. The molecule has 2 aromatic rings. The van der Waals surface area contributed by atoms with Crippen LogP contribution in [0.2, 0.25) is 0 Å². The van der Waals surface area contributed by atoms with E-state index in [1.807, 2.05) is 37.5 Å². The first-order valence-corrected chi connectivity index (χ1v) is 5.55. The molecule has 0 fully saturated rings. The summed E-state index contributed by atoms with van der Waals surface area (Å²) in [5.41, 5.74) is 2.39. The molecular formula is C14H15NO3. The van der Waals surface area contributed by atoms with Crippen molar-refractivity contribution in [3.8, 4) is 16.9 Å². The maximum atomic E-state index is 11.6. The minimum atomic E-state index is -0.348. The Hall–Kier alpha value is -2.23. The highest BCUT2D eigenvalue weighted by atomic mass is 16.5. The van der Waals surface area contributed by atoms with E-state index in [1.54, 1.807) is 17.7 Å². The second kappa shape index (κ2) is 4.96. The summed E-state index contributed by atoms with van der Waals surface area (Å²) in [4.78, 5) is 11.6. The average molecular weight is 245 g/mol. The molecule has 0 amide bonds. The van der Waals surface area contributed by atoms with E-state index in [-0.39, 0.29) is 5.97 Å². The molecule has 0 aliphatic carbocycles. The Bertz CT molecular complexity index is 572. The first-order valence-electron chi connectivity index (χ1n) is 5.55. The SMILES string of the molecule is COC(=O)c1cc(-c2ccccc2OC)cn1C. The molecule has 0 atom stereocenters. The predicted octanol–water partition coefficient (Wildman–Crippen LogP) is 2.49. The van der Waals surface area contributed by atoms with Crippen LogP contribution in [0.3, 0.4) is 0 Å². The number of hydrogen-bond acceptors (Lipinski definition) is 3. The van der Waals surface area contributed by atoms with Gasteiger partial charge in [0.15, 0.2) is 0 Å². The molecular weight excluding hydrogens is 230 g/mol. The van der Waals surface area contributed by atoms with Gasteiger partial charge in [-0.15, -0.1) is 0 Å². The van der Waals surface area contributed by atoms with Crippen molar-refractivity contribution in [1.29, 1.82) is 0 Å². The van der Waals surface area contributed by atoms with Gasteiger partial charge in [-0.05, 0) is 12.1 Å². The van der Waals surface area contributed by atoms with E-state index in [2.05, 4.69) is 0 Å². The fraction of sp³-hybridized carbons (Fsp3) is 0.214. The number of carbonyl (C=O) groups is 1. The lowest BCUT2D eigenvalue weighted by Gasteiger charge is -2.05. The number of hydrogen-bond donors (Lipinski definition) is 0. The zero-order valence-corrected chi connectivity index (χ0v) is 10.6. The average Bonchev–Trinajstić information content (AvgIpc) is 2.79. The van der Waals surface area contributed by atoms with Gasteiger partial charge in [0.1, 0.15) is 11.4 Å². The van der Waals surface area contributed by atoms with Crippen molar-refractivity contribution in [2.45, 2.75) is 0 Å². The summed E-state index contributed by atoms with van der Waals surface area (Å²) in [6.45, 7) is 0. The number of esters is 1. The van der Waals surface area contributed by atoms with Crippen LogP contribution in [-0.4, -0.2) is 24.8 Å². The van der Waals surface area contributed by atoms with E-state index in [0.29, 0.717) is 5.69 Å². The van der Waals surface area contributed by atoms with Gasteiger partial charge in [0, 0.05) is 24.4 Å². The lowest BCUT2D eigenvalue weighted by Crippen LogP contribution is -2.06. The molecule has 1 aromatic heterocycles. The number of aromatic nitrogens is 1. The number of para-hydroxylation sites is 1. The molecule has 0 radical (unpaired) electrons. The minimum Gasteiger partial charge on any atom is -0.496 e. The normalized spacial score (nSPS) is 10.2. The first kappa shape index (κ1) is 12.2. The molecule has 0 unspecified atom stereocenters. The van der Waals surface area contributed by atoms with Crippen molar-refractivity contribution in [1.82, 2.24) is 4.57 Å². The largest absolute Gasteiger partial charge is 0.496 e. The van der Waals surface area contributed by atoms with E-state index in [9.17, 15) is 4.79 Å². The Morgan fingerprint density at radius 3 is 2.61 bits per heavy atom. The first-order chi connectivity index (χ1) is 8.67. The molecule has 1 heterocycles. The van der Waals surface area contributed by atoms with Gasteiger partial charge in [-0.1, -0.05) is 18.2 Å². The second-order valence-electron chi connectivity index (χ2n) is 3.92. The Kier molecular flexibility index (Phi) is 3.37. The molecule has 1 aromatic carbocycles. The smallest absolute Gasteiger partial charge is 0.354 e. The highest BCUT2D eigenvalue weighted by Crippen LogP contribution is 2.30. The molecule has 18 heavy (non-hydrogen) atoms. The van der Waals surface area contributed by atoms with Crippen LogP contribution in [0.4, 0.5) is 0 Å². The van der Waals surface area contributed by atoms with Crippen LogP contribution < -0.4 is 4.74 Å². The van der Waals surface area contributed by atoms with Crippen molar-refractivity contribution >= 4 is 5.97 Å². The number of rotatable bonds is 3. The van der Waals surface area contributed by atoms with Gasteiger partial charge in [0.25, 0.3) is 0 Å². The molecule has 0 spiro atoms. The third-order valence-electron chi connectivity index (χ3n) is 2.82. The van der Waals surface area contributed by atoms with Crippen molar-refractivity contribution in [2.24, 2.45) is 7.05 Å². The summed E-state index contributed by atoms with van der Waals surface area (Å²) in [7, 11) is 4.81. The molecule has 0 aliphatic heterocycles. The third kappa shape index (κ3) is 2.09. The quantitative estimate of drug-likeness (QED) is 0.780. The summed E-state index contributed by atoms with van der Waals surface area (Å²) in [5.74, 6) is 0.429. The highest BCUT2D eigenvalue weighted by molar-refractivity contribution is 5.90. The Balaban J connectivity index is 2.49. The molecule has 0 saturated heterocycles. The standard InChI is InChI=1S/C14H15NO3/c1-15-9-10(8-12(15)14(16)18-3)11-6-4-5-7-13(11)17-2/h4-9H,1-3H3. The van der Waals surface area contributed by atoms with Gasteiger partial charge in [-0.2, -0.15) is 0 Å². The van der Waals surface area contributed by atoms with Crippen LogP contribution in [-0.2, 0) is 11.8 Å². The fourth-order valence-corrected chi connectivity index (χ4v) is 1.90. The summed E-state index contributed by atoms with van der Waals surface area (Å²) < 4.78 is 11.8. The lowest BCUT2D eigenvalue weighted by molar-refractivity contribution is 0.0590. The van der Waals surface area contributed by atoms with Crippen LogP contribution >= 0.6 is 0 Å². The van der Waals surface area contributed by atoms with Gasteiger partial charge >= 0.3 is 5.97 Å². The maximum absolute atomic E-state index is 11.6. The third-order valence-corrected chi connectivity index (χ3v) is 2.82. The summed E-state index contributed by atoms with van der Waals surface area (Å²) in [5, 5.41) is 0. The number of nitrogens with zero attached hydrogens (tertiary/aromatic N) is 1. The summed E-state index contributed by atoms with van der Waals surface area (Å²) >= 11 is 0. The number of carbonyl (C=O) groups excluding carboxylic acids is 1. The van der Waals surface area contributed by atoms with E-state index >= 15 is 0 Å².